The second-order valence-electron chi connectivity index (χ2n) is 6.34. The number of carboxylic acid groups (broad SMARTS) is 1. The van der Waals surface area contributed by atoms with Crippen molar-refractivity contribution in [1.29, 1.82) is 0 Å². The molecule has 0 aliphatic heterocycles. The number of aliphatic carboxylic acids is 1. The molecule has 1 aliphatic carbocycles. The van der Waals surface area contributed by atoms with Crippen molar-refractivity contribution >= 4 is 12.0 Å². The van der Waals surface area contributed by atoms with E-state index in [0.717, 1.165) is 18.9 Å². The van der Waals surface area contributed by atoms with Gasteiger partial charge >= 0.3 is 12.0 Å². The van der Waals surface area contributed by atoms with Crippen LogP contribution in [0.3, 0.4) is 0 Å². The van der Waals surface area contributed by atoms with Crippen molar-refractivity contribution in [3.8, 4) is 0 Å². The quantitative estimate of drug-likeness (QED) is 0.608. The predicted octanol–water partition coefficient (Wildman–Crippen LogP) is 2.47. The van der Waals surface area contributed by atoms with Crippen molar-refractivity contribution in [2.24, 2.45) is 23.7 Å². The van der Waals surface area contributed by atoms with Crippen LogP contribution in [0.25, 0.3) is 0 Å². The smallest absolute Gasteiger partial charge is 0.314 e. The minimum absolute atomic E-state index is 0.107. The predicted molar refractivity (Wildman–Crippen MR) is 78.5 cm³/mol. The second kappa shape index (κ2) is 8.12. The molecule has 5 nitrogen and oxygen atoms in total. The van der Waals surface area contributed by atoms with E-state index < -0.39 is 5.97 Å². The molecule has 1 saturated carbocycles. The molecule has 1 rings (SSSR count). The van der Waals surface area contributed by atoms with Crippen LogP contribution in [0.2, 0.25) is 0 Å². The van der Waals surface area contributed by atoms with E-state index in [0.29, 0.717) is 30.7 Å². The lowest BCUT2D eigenvalue weighted by Crippen LogP contribution is -2.38. The Balaban J connectivity index is 2.12. The maximum atomic E-state index is 11.6. The standard InChI is InChI=1S/C15H28N2O3/c1-10(2)12(4-5-14(18)19)6-7-16-15(20)17-9-13-8-11(13)3/h10-13H,4-9H2,1-3H3,(H,18,19)(H2,16,17,20). The van der Waals surface area contributed by atoms with Crippen molar-refractivity contribution in [2.75, 3.05) is 13.1 Å². The van der Waals surface area contributed by atoms with Gasteiger partial charge in [0.2, 0.25) is 0 Å². The van der Waals surface area contributed by atoms with Gasteiger partial charge in [-0.05, 0) is 42.9 Å². The largest absolute Gasteiger partial charge is 0.481 e. The Hall–Kier alpha value is -1.26. The number of urea groups is 1. The van der Waals surface area contributed by atoms with E-state index in [4.69, 9.17) is 5.11 Å². The molecule has 0 radical (unpaired) electrons. The van der Waals surface area contributed by atoms with Gasteiger partial charge in [0.25, 0.3) is 0 Å². The molecule has 0 bridgehead atoms. The minimum atomic E-state index is -0.750. The lowest BCUT2D eigenvalue weighted by atomic mass is 9.88. The summed E-state index contributed by atoms with van der Waals surface area (Å²) < 4.78 is 0. The molecule has 1 aliphatic rings. The summed E-state index contributed by atoms with van der Waals surface area (Å²) in [6.07, 6.45) is 2.92. The molecule has 0 aromatic heterocycles. The monoisotopic (exact) mass is 284 g/mol. The van der Waals surface area contributed by atoms with E-state index >= 15 is 0 Å². The van der Waals surface area contributed by atoms with E-state index in [9.17, 15) is 9.59 Å². The average Bonchev–Trinajstić information content (AvgIpc) is 3.06. The Labute approximate surface area is 121 Å². The fourth-order valence-corrected chi connectivity index (χ4v) is 2.46. The van der Waals surface area contributed by atoms with Crippen LogP contribution in [-0.2, 0) is 4.79 Å². The Morgan fingerprint density at radius 3 is 2.40 bits per heavy atom. The number of nitrogens with one attached hydrogen (secondary N) is 2. The average molecular weight is 284 g/mol. The van der Waals surface area contributed by atoms with Gasteiger partial charge in [-0.25, -0.2) is 4.79 Å². The fourth-order valence-electron chi connectivity index (χ4n) is 2.46. The van der Waals surface area contributed by atoms with Crippen molar-refractivity contribution in [2.45, 2.75) is 46.5 Å². The summed E-state index contributed by atoms with van der Waals surface area (Å²) in [5.41, 5.74) is 0. The van der Waals surface area contributed by atoms with Gasteiger partial charge in [-0.2, -0.15) is 0 Å². The third-order valence-electron chi connectivity index (χ3n) is 4.27. The summed E-state index contributed by atoms with van der Waals surface area (Å²) in [4.78, 5) is 22.2. The molecule has 0 aromatic carbocycles. The van der Waals surface area contributed by atoms with E-state index in [1.807, 2.05) is 0 Å². The van der Waals surface area contributed by atoms with Crippen molar-refractivity contribution in [1.82, 2.24) is 10.6 Å². The zero-order valence-electron chi connectivity index (χ0n) is 12.8. The molecule has 3 atom stereocenters. The molecule has 2 amide bonds. The summed E-state index contributed by atoms with van der Waals surface area (Å²) >= 11 is 0. The molecule has 0 aromatic rings. The highest BCUT2D eigenvalue weighted by Gasteiger charge is 2.32. The molecular formula is C15H28N2O3. The molecule has 116 valence electrons. The first-order valence-electron chi connectivity index (χ1n) is 7.63. The molecule has 3 unspecified atom stereocenters. The van der Waals surface area contributed by atoms with Gasteiger partial charge in [0.1, 0.15) is 0 Å². The van der Waals surface area contributed by atoms with Gasteiger partial charge in [0.05, 0.1) is 0 Å². The van der Waals surface area contributed by atoms with E-state index in [-0.39, 0.29) is 12.5 Å². The zero-order chi connectivity index (χ0) is 15.1. The van der Waals surface area contributed by atoms with E-state index in [1.165, 1.54) is 6.42 Å². The summed E-state index contributed by atoms with van der Waals surface area (Å²) in [7, 11) is 0. The summed E-state index contributed by atoms with van der Waals surface area (Å²) in [5, 5.41) is 14.5. The topological polar surface area (TPSA) is 78.4 Å². The van der Waals surface area contributed by atoms with Crippen molar-refractivity contribution in [3.05, 3.63) is 0 Å². The third kappa shape index (κ3) is 6.78. The number of rotatable bonds is 9. The van der Waals surface area contributed by atoms with E-state index in [2.05, 4.69) is 31.4 Å². The first kappa shape index (κ1) is 16.8. The van der Waals surface area contributed by atoms with Crippen LogP contribution in [0.5, 0.6) is 0 Å². The summed E-state index contributed by atoms with van der Waals surface area (Å²) in [6.45, 7) is 7.76. The van der Waals surface area contributed by atoms with Gasteiger partial charge in [-0.3, -0.25) is 4.79 Å². The van der Waals surface area contributed by atoms with Gasteiger partial charge in [-0.15, -0.1) is 0 Å². The summed E-state index contributed by atoms with van der Waals surface area (Å²) in [5.74, 6) is 1.43. The van der Waals surface area contributed by atoms with Crippen LogP contribution >= 0.6 is 0 Å². The maximum Gasteiger partial charge on any atom is 0.314 e. The lowest BCUT2D eigenvalue weighted by molar-refractivity contribution is -0.137. The second-order valence-corrected chi connectivity index (χ2v) is 6.34. The molecule has 5 heteroatoms. The lowest BCUT2D eigenvalue weighted by Gasteiger charge is -2.20. The highest BCUT2D eigenvalue weighted by Crippen LogP contribution is 2.36. The van der Waals surface area contributed by atoms with E-state index in [1.54, 1.807) is 0 Å². The highest BCUT2D eigenvalue weighted by atomic mass is 16.4. The number of carbonyl (C=O) groups excluding carboxylic acids is 1. The Morgan fingerprint density at radius 1 is 1.25 bits per heavy atom. The van der Waals surface area contributed by atoms with Gasteiger partial charge in [0, 0.05) is 19.5 Å². The minimum Gasteiger partial charge on any atom is -0.481 e. The highest BCUT2D eigenvalue weighted by molar-refractivity contribution is 5.73. The van der Waals surface area contributed by atoms with Crippen LogP contribution in [0, 0.1) is 23.7 Å². The number of amides is 2. The molecular weight excluding hydrogens is 256 g/mol. The number of carboxylic acids is 1. The number of hydrogen-bond acceptors (Lipinski definition) is 2. The SMILES string of the molecule is CC(C)C(CCNC(=O)NCC1CC1C)CCC(=O)O. The first-order chi connectivity index (χ1) is 9.40. The van der Waals surface area contributed by atoms with Crippen LogP contribution < -0.4 is 10.6 Å². The van der Waals surface area contributed by atoms with Gasteiger partial charge < -0.3 is 15.7 Å². The molecule has 1 fully saturated rings. The normalized spacial score (nSPS) is 22.4. The summed E-state index contributed by atoms with van der Waals surface area (Å²) in [6, 6.07) is -0.107. The molecule has 3 N–H and O–H groups in total. The number of hydrogen-bond donors (Lipinski definition) is 3. The van der Waals surface area contributed by atoms with Gasteiger partial charge in [0.15, 0.2) is 0 Å². The maximum absolute atomic E-state index is 11.6. The Kier molecular flexibility index (Phi) is 6.82. The van der Waals surface area contributed by atoms with Crippen LogP contribution in [0.4, 0.5) is 4.79 Å². The van der Waals surface area contributed by atoms with Crippen LogP contribution in [-0.4, -0.2) is 30.2 Å². The number of carbonyl (C=O) groups is 2. The fraction of sp³-hybridized carbons (Fsp3) is 0.867. The van der Waals surface area contributed by atoms with Crippen LogP contribution in [0.15, 0.2) is 0 Å². The van der Waals surface area contributed by atoms with Gasteiger partial charge in [-0.1, -0.05) is 20.8 Å². The molecule has 0 spiro atoms. The third-order valence-corrected chi connectivity index (χ3v) is 4.27. The first-order valence-corrected chi connectivity index (χ1v) is 7.63. The molecule has 20 heavy (non-hydrogen) atoms. The van der Waals surface area contributed by atoms with Crippen molar-refractivity contribution < 1.29 is 14.7 Å². The zero-order valence-corrected chi connectivity index (χ0v) is 12.8. The molecule has 0 heterocycles. The Bertz CT molecular complexity index is 331. The van der Waals surface area contributed by atoms with Crippen molar-refractivity contribution in [3.63, 3.8) is 0 Å². The van der Waals surface area contributed by atoms with Crippen LogP contribution in [0.1, 0.15) is 46.5 Å². The Morgan fingerprint density at radius 2 is 1.90 bits per heavy atom. The molecule has 0 saturated heterocycles.